The van der Waals surface area contributed by atoms with E-state index < -0.39 is 10.0 Å². The molecule has 0 aliphatic carbocycles. The Balaban J connectivity index is 1.99. The van der Waals surface area contributed by atoms with Gasteiger partial charge >= 0.3 is 0 Å². The summed E-state index contributed by atoms with van der Waals surface area (Å²) in [5.41, 5.74) is 0. The SMILES string of the molecule is NS(=O)(=O)C=CC1CCCN1C1CCSCC1. The average molecular weight is 276 g/mol. The molecule has 2 aliphatic heterocycles. The third kappa shape index (κ3) is 3.98. The highest BCUT2D eigenvalue weighted by Gasteiger charge is 2.30. The van der Waals surface area contributed by atoms with Gasteiger partial charge in [-0.2, -0.15) is 11.8 Å². The third-order valence-corrected chi connectivity index (χ3v) is 5.08. The highest BCUT2D eigenvalue weighted by atomic mass is 32.2. The van der Waals surface area contributed by atoms with Gasteiger partial charge in [0.2, 0.25) is 10.0 Å². The van der Waals surface area contributed by atoms with Gasteiger partial charge in [0.1, 0.15) is 0 Å². The van der Waals surface area contributed by atoms with Crippen molar-refractivity contribution < 1.29 is 8.42 Å². The maximum absolute atomic E-state index is 10.9. The molecule has 98 valence electrons. The van der Waals surface area contributed by atoms with Gasteiger partial charge in [0.15, 0.2) is 0 Å². The van der Waals surface area contributed by atoms with Gasteiger partial charge in [0.25, 0.3) is 0 Å². The second-order valence-electron chi connectivity index (χ2n) is 4.71. The molecule has 0 aromatic rings. The Morgan fingerprint density at radius 2 is 1.94 bits per heavy atom. The van der Waals surface area contributed by atoms with Crippen LogP contribution in [0.1, 0.15) is 25.7 Å². The maximum Gasteiger partial charge on any atom is 0.230 e. The Morgan fingerprint density at radius 3 is 2.59 bits per heavy atom. The van der Waals surface area contributed by atoms with Gasteiger partial charge in [0.05, 0.1) is 0 Å². The topological polar surface area (TPSA) is 63.4 Å². The monoisotopic (exact) mass is 276 g/mol. The summed E-state index contributed by atoms with van der Waals surface area (Å²) >= 11 is 2.02. The molecule has 0 bridgehead atoms. The minimum atomic E-state index is -3.48. The molecule has 17 heavy (non-hydrogen) atoms. The van der Waals surface area contributed by atoms with E-state index in [-0.39, 0.29) is 6.04 Å². The molecule has 2 rings (SSSR count). The summed E-state index contributed by atoms with van der Waals surface area (Å²) in [6, 6.07) is 0.898. The Hall–Kier alpha value is -0.0400. The molecule has 0 radical (unpaired) electrons. The molecule has 2 heterocycles. The number of likely N-dealkylation sites (tertiary alicyclic amines) is 1. The van der Waals surface area contributed by atoms with E-state index in [1.807, 2.05) is 11.8 Å². The van der Waals surface area contributed by atoms with Gasteiger partial charge in [-0.05, 0) is 43.7 Å². The van der Waals surface area contributed by atoms with Gasteiger partial charge in [-0.15, -0.1) is 0 Å². The van der Waals surface area contributed by atoms with Crippen molar-refractivity contribution in [1.29, 1.82) is 0 Å². The van der Waals surface area contributed by atoms with Crippen LogP contribution in [0.4, 0.5) is 0 Å². The van der Waals surface area contributed by atoms with Crippen molar-refractivity contribution in [1.82, 2.24) is 4.90 Å². The molecule has 1 unspecified atom stereocenters. The lowest BCUT2D eigenvalue weighted by Gasteiger charge is -2.34. The quantitative estimate of drug-likeness (QED) is 0.840. The fourth-order valence-corrected chi connectivity index (χ4v) is 4.17. The largest absolute Gasteiger partial charge is 0.294 e. The van der Waals surface area contributed by atoms with Crippen molar-refractivity contribution in [2.45, 2.75) is 37.8 Å². The summed E-state index contributed by atoms with van der Waals surface area (Å²) in [6.45, 7) is 1.09. The van der Waals surface area contributed by atoms with Crippen LogP contribution in [0.25, 0.3) is 0 Å². The smallest absolute Gasteiger partial charge is 0.230 e. The van der Waals surface area contributed by atoms with Gasteiger partial charge in [-0.3, -0.25) is 4.90 Å². The first-order valence-corrected chi connectivity index (χ1v) is 8.87. The first-order chi connectivity index (χ1) is 8.06. The molecular formula is C11H20N2O2S2. The number of rotatable bonds is 3. The molecule has 4 nitrogen and oxygen atoms in total. The van der Waals surface area contributed by atoms with E-state index >= 15 is 0 Å². The second kappa shape index (κ2) is 5.73. The molecule has 2 saturated heterocycles. The zero-order valence-corrected chi connectivity index (χ0v) is 11.5. The Kier molecular flexibility index (Phi) is 4.52. The molecule has 0 saturated carbocycles. The van der Waals surface area contributed by atoms with Crippen LogP contribution in [0.2, 0.25) is 0 Å². The average Bonchev–Trinajstić information content (AvgIpc) is 2.75. The summed E-state index contributed by atoms with van der Waals surface area (Å²) in [5.74, 6) is 2.46. The minimum Gasteiger partial charge on any atom is -0.294 e. The molecule has 2 aliphatic rings. The van der Waals surface area contributed by atoms with Crippen LogP contribution in [-0.2, 0) is 10.0 Å². The fraction of sp³-hybridized carbons (Fsp3) is 0.818. The standard InChI is InChI=1S/C11H20N2O2S2/c12-17(14,15)9-5-10-2-1-6-13(10)11-3-7-16-8-4-11/h5,9-11H,1-4,6-8H2,(H2,12,14,15). The first-order valence-electron chi connectivity index (χ1n) is 6.11. The van der Waals surface area contributed by atoms with Gasteiger partial charge < -0.3 is 0 Å². The molecule has 1 atom stereocenters. The highest BCUT2D eigenvalue weighted by Crippen LogP contribution is 2.28. The van der Waals surface area contributed by atoms with E-state index in [1.165, 1.54) is 24.3 Å². The van der Waals surface area contributed by atoms with Gasteiger partial charge in [0, 0.05) is 17.5 Å². The van der Waals surface area contributed by atoms with E-state index in [9.17, 15) is 8.42 Å². The lowest BCUT2D eigenvalue weighted by Crippen LogP contribution is -2.40. The molecule has 0 amide bonds. The molecule has 2 N–H and O–H groups in total. The molecule has 6 heteroatoms. The number of hydrogen-bond acceptors (Lipinski definition) is 4. The number of thioether (sulfide) groups is 1. The zero-order chi connectivity index (χ0) is 12.3. The Bertz CT molecular complexity index is 375. The fourth-order valence-electron chi connectivity index (χ4n) is 2.69. The normalized spacial score (nSPS) is 29.1. The molecule has 0 spiro atoms. The van der Waals surface area contributed by atoms with E-state index in [2.05, 4.69) is 4.90 Å². The summed E-state index contributed by atoms with van der Waals surface area (Å²) in [5, 5.41) is 6.16. The van der Waals surface area contributed by atoms with Crippen molar-refractivity contribution in [3.05, 3.63) is 11.5 Å². The highest BCUT2D eigenvalue weighted by molar-refractivity contribution is 7.99. The van der Waals surface area contributed by atoms with Crippen molar-refractivity contribution in [2.24, 2.45) is 5.14 Å². The molecule has 2 fully saturated rings. The Labute approximate surface area is 108 Å². The van der Waals surface area contributed by atoms with Crippen molar-refractivity contribution in [2.75, 3.05) is 18.1 Å². The minimum absolute atomic E-state index is 0.265. The van der Waals surface area contributed by atoms with Crippen LogP contribution in [0.5, 0.6) is 0 Å². The van der Waals surface area contributed by atoms with Crippen LogP contribution >= 0.6 is 11.8 Å². The van der Waals surface area contributed by atoms with Gasteiger partial charge in [-0.1, -0.05) is 6.08 Å². The predicted molar refractivity (Wildman–Crippen MR) is 72.3 cm³/mol. The summed E-state index contributed by atoms with van der Waals surface area (Å²) < 4.78 is 21.9. The maximum atomic E-state index is 10.9. The summed E-state index contributed by atoms with van der Waals surface area (Å²) in [4.78, 5) is 2.46. The number of hydrogen-bond donors (Lipinski definition) is 1. The zero-order valence-electron chi connectivity index (χ0n) is 9.92. The van der Waals surface area contributed by atoms with Crippen LogP contribution in [-0.4, -0.2) is 43.5 Å². The number of nitrogens with zero attached hydrogens (tertiary/aromatic N) is 1. The van der Waals surface area contributed by atoms with E-state index in [0.717, 1.165) is 24.8 Å². The predicted octanol–water partition coefficient (Wildman–Crippen LogP) is 1.15. The van der Waals surface area contributed by atoms with E-state index in [1.54, 1.807) is 6.08 Å². The van der Waals surface area contributed by atoms with E-state index in [0.29, 0.717) is 6.04 Å². The van der Waals surface area contributed by atoms with Crippen molar-refractivity contribution >= 4 is 21.8 Å². The first kappa shape index (κ1) is 13.4. The van der Waals surface area contributed by atoms with Crippen LogP contribution in [0.15, 0.2) is 11.5 Å². The number of sulfonamides is 1. The lowest BCUT2D eigenvalue weighted by molar-refractivity contribution is 0.194. The van der Waals surface area contributed by atoms with E-state index in [4.69, 9.17) is 5.14 Å². The molecule has 0 aromatic heterocycles. The van der Waals surface area contributed by atoms with Gasteiger partial charge in [-0.25, -0.2) is 13.6 Å². The third-order valence-electron chi connectivity index (χ3n) is 3.49. The summed E-state index contributed by atoms with van der Waals surface area (Å²) in [7, 11) is -3.48. The van der Waals surface area contributed by atoms with Crippen LogP contribution < -0.4 is 5.14 Å². The molecular weight excluding hydrogens is 256 g/mol. The molecule has 0 aromatic carbocycles. The van der Waals surface area contributed by atoms with Crippen molar-refractivity contribution in [3.8, 4) is 0 Å². The second-order valence-corrected chi connectivity index (χ2v) is 7.38. The number of nitrogens with two attached hydrogens (primary N) is 1. The Morgan fingerprint density at radius 1 is 1.24 bits per heavy atom. The lowest BCUT2D eigenvalue weighted by atomic mass is 10.1. The van der Waals surface area contributed by atoms with Crippen LogP contribution in [0.3, 0.4) is 0 Å². The number of primary sulfonamides is 1. The van der Waals surface area contributed by atoms with Crippen molar-refractivity contribution in [3.63, 3.8) is 0 Å². The van der Waals surface area contributed by atoms with Crippen LogP contribution in [0, 0.1) is 0 Å². The summed E-state index contributed by atoms with van der Waals surface area (Å²) in [6.07, 6.45) is 6.43.